The van der Waals surface area contributed by atoms with Crippen LogP contribution < -0.4 is 0 Å². The second-order valence-electron chi connectivity index (χ2n) is 24.4. The number of nitrogens with zero attached hydrogens (tertiary/aromatic N) is 6. The van der Waals surface area contributed by atoms with E-state index in [1.165, 1.54) is 6.20 Å². The summed E-state index contributed by atoms with van der Waals surface area (Å²) in [5, 5.41) is 150. The predicted octanol–water partition coefficient (Wildman–Crippen LogP) is -1.54. The first-order valence-corrected chi connectivity index (χ1v) is 31.4. The Labute approximate surface area is 591 Å². The molecule has 0 amide bonds. The summed E-state index contributed by atoms with van der Waals surface area (Å²) in [5.41, 5.74) is 8.37. The molecule has 34 nitrogen and oxygen atoms in total. The van der Waals surface area contributed by atoms with Gasteiger partial charge < -0.3 is 119 Å². The number of aliphatic hydroxyl groups is 14. The number of aromatic nitrogens is 3. The van der Waals surface area contributed by atoms with Gasteiger partial charge in [-0.2, -0.15) is 0 Å². The van der Waals surface area contributed by atoms with Gasteiger partial charge in [0.15, 0.2) is 31.6 Å². The average molecular weight is 1580 g/mol. The van der Waals surface area contributed by atoms with E-state index in [-0.39, 0.29) is 75.4 Å². The van der Waals surface area contributed by atoms with Crippen LogP contribution in [-0.2, 0) is 103 Å². The van der Waals surface area contributed by atoms with Crippen LogP contribution in [0.25, 0.3) is 10.4 Å². The summed E-state index contributed by atoms with van der Waals surface area (Å²) in [7, 11) is 0. The zero-order valence-corrected chi connectivity index (χ0v) is 57.4. The van der Waals surface area contributed by atoms with E-state index in [2.05, 4.69) is 58.1 Å². The molecule has 22 atom stereocenters. The van der Waals surface area contributed by atoms with Gasteiger partial charge in [-0.1, -0.05) is 116 Å². The van der Waals surface area contributed by atoms with Crippen molar-refractivity contribution < 1.29 is 155 Å². The predicted molar refractivity (Wildman–Crippen MR) is 337 cm³/mol. The number of alkyl halides is 2. The number of carbonyl (C=O) groups excluding carboxylic acids is 4. The first-order chi connectivity index (χ1) is 45.1. The molecule has 7 rings (SSSR count). The van der Waals surface area contributed by atoms with Gasteiger partial charge in [-0.25, -0.2) is 4.68 Å². The number of halogens is 2. The molecule has 4 aliphatic heterocycles. The summed E-state index contributed by atoms with van der Waals surface area (Å²) in [6.07, 6.45) is -24.6. The molecule has 14 N–H and O–H groups in total. The fourth-order valence-corrected chi connectivity index (χ4v) is 12.0. The maximum atomic E-state index is 13.0. The van der Waals surface area contributed by atoms with Crippen LogP contribution in [-0.4, -0.2) is 269 Å². The van der Waals surface area contributed by atoms with Crippen LogP contribution in [0.15, 0.2) is 72.0 Å². The monoisotopic (exact) mass is 1570 g/mol. The largest absolute Gasteiger partial charge is 0.460 e. The summed E-state index contributed by atoms with van der Waals surface area (Å²) in [4.78, 5) is 52.6. The van der Waals surface area contributed by atoms with Gasteiger partial charge in [-0.3, -0.25) is 19.2 Å². The Balaban J connectivity index is 0.000000421. The van der Waals surface area contributed by atoms with Crippen LogP contribution in [0.3, 0.4) is 0 Å². The summed E-state index contributed by atoms with van der Waals surface area (Å²) < 4.78 is 52.1. The summed E-state index contributed by atoms with van der Waals surface area (Å²) >= 11 is 6.70. The molecule has 0 saturated carbocycles. The normalized spacial score (nSPS) is 31.2. The molecule has 4 aliphatic rings. The van der Waals surface area contributed by atoms with E-state index in [1.807, 2.05) is 60.7 Å². The zero-order valence-electron chi connectivity index (χ0n) is 53.3. The molecule has 555 valence electrons. The van der Waals surface area contributed by atoms with Gasteiger partial charge in [0, 0.05) is 22.0 Å². The molecular formula is C61H88Br2CuN6O28. The Morgan fingerprint density at radius 2 is 0.959 bits per heavy atom. The third-order valence-electron chi connectivity index (χ3n) is 15.5. The average Bonchev–Trinajstić information content (AvgIpc) is 1.15. The van der Waals surface area contributed by atoms with Gasteiger partial charge >= 0.3 is 23.9 Å². The molecule has 2 aromatic carbocycles. The van der Waals surface area contributed by atoms with Crippen LogP contribution in [0.2, 0.25) is 0 Å². The van der Waals surface area contributed by atoms with Crippen molar-refractivity contribution in [2.24, 2.45) is 15.9 Å². The molecule has 4 saturated heterocycles. The maximum absolute atomic E-state index is 13.0. The van der Waals surface area contributed by atoms with E-state index in [9.17, 15) is 85.6 Å². The quantitative estimate of drug-likeness (QED) is 0.00668. The minimum absolute atomic E-state index is 0. The second kappa shape index (κ2) is 39.4. The number of terminal acetylenes is 1. The number of hydrogen-bond acceptors (Lipinski definition) is 31. The second-order valence-corrected chi connectivity index (χ2v) is 27.9. The fraction of sp³-hybridized carbons (Fsp3) is 0.672. The Morgan fingerprint density at radius 3 is 1.37 bits per heavy atom. The minimum Gasteiger partial charge on any atom is -0.460 e. The topological polar surface area (TPSA) is 523 Å². The number of benzene rings is 2. The van der Waals surface area contributed by atoms with E-state index >= 15 is 0 Å². The van der Waals surface area contributed by atoms with Gasteiger partial charge in [0.2, 0.25) is 0 Å². The first-order valence-electron chi connectivity index (χ1n) is 29.8. The van der Waals surface area contributed by atoms with E-state index < -0.39 is 187 Å². The van der Waals surface area contributed by atoms with Crippen LogP contribution in [0.1, 0.15) is 84.9 Å². The number of rotatable bonds is 25. The van der Waals surface area contributed by atoms with Crippen LogP contribution in [0.4, 0.5) is 0 Å². The Morgan fingerprint density at radius 1 is 0.561 bits per heavy atom. The number of ether oxygens (including phenoxy) is 10. The van der Waals surface area contributed by atoms with Gasteiger partial charge in [-0.05, 0) is 71.0 Å². The van der Waals surface area contributed by atoms with Crippen molar-refractivity contribution in [1.29, 1.82) is 0 Å². The number of esters is 4. The van der Waals surface area contributed by atoms with Gasteiger partial charge in [0.25, 0.3) is 0 Å². The van der Waals surface area contributed by atoms with Crippen LogP contribution in [0.5, 0.6) is 0 Å². The molecule has 0 spiro atoms. The Bertz CT molecular complexity index is 3040. The SMILES string of the molecule is C.C#CCOC(=O)C(C)(Br)CC(C)(C)C(=O)OCc1ccccc1.CC(C)(CC(C)(Br)C(=O)OCc1cn(C2O[C@H](CO)[C@@H](O[C@@H]3O[C@H](CO)[C@H](O)[C@H](O)[C@H]3O)[C@H](O)[C@H]2O)nn1)C(=O)OCc1ccccc1.[Cu].[N-]=[N+]=N[C@H]1O[C@H](CO)[C@@H](O[C@@H]2O[C@H](CO)[C@H](O)[C@H](O)[C@H]2O)[C@H](O)[C@H]1O. The molecule has 1 radical (unpaired) electrons. The first kappa shape index (κ1) is 87.2. The third-order valence-corrected chi connectivity index (χ3v) is 16.7. The van der Waals surface area contributed by atoms with E-state index in [0.29, 0.717) is 0 Å². The zero-order chi connectivity index (χ0) is 71.6. The number of carbonyl (C=O) groups is 4. The molecule has 3 aromatic rings. The van der Waals surface area contributed by atoms with E-state index in [0.717, 1.165) is 15.8 Å². The molecule has 3 unspecified atom stereocenters. The van der Waals surface area contributed by atoms with Crippen LogP contribution >= 0.6 is 31.9 Å². The fourth-order valence-electron chi connectivity index (χ4n) is 10.3. The number of hydrogen-bond donors (Lipinski definition) is 14. The molecular weight excluding hydrogens is 1490 g/mol. The summed E-state index contributed by atoms with van der Waals surface area (Å²) in [6, 6.07) is 18.6. The summed E-state index contributed by atoms with van der Waals surface area (Å²) in [6.45, 7) is 6.99. The van der Waals surface area contributed by atoms with Gasteiger partial charge in [-0.15, -0.1) is 11.5 Å². The van der Waals surface area contributed by atoms with Crippen molar-refractivity contribution in [3.05, 3.63) is 94.1 Å². The molecule has 98 heavy (non-hydrogen) atoms. The molecule has 37 heteroatoms. The van der Waals surface area contributed by atoms with Crippen molar-refractivity contribution in [3.63, 3.8) is 0 Å². The third kappa shape index (κ3) is 23.3. The van der Waals surface area contributed by atoms with Crippen molar-refractivity contribution in [1.82, 2.24) is 15.0 Å². The Hall–Kier alpha value is -4.99. The van der Waals surface area contributed by atoms with Gasteiger partial charge in [0.1, 0.15) is 132 Å². The molecule has 0 aliphatic carbocycles. The maximum Gasteiger partial charge on any atom is 0.323 e. The van der Waals surface area contributed by atoms with Gasteiger partial charge in [0.05, 0.1) is 43.5 Å². The molecule has 0 bridgehead atoms. The number of aliphatic hydroxyl groups excluding tert-OH is 14. The molecule has 4 fully saturated rings. The smallest absolute Gasteiger partial charge is 0.323 e. The summed E-state index contributed by atoms with van der Waals surface area (Å²) in [5.74, 6) is 0.168. The van der Waals surface area contributed by atoms with Crippen molar-refractivity contribution in [2.45, 2.75) is 213 Å². The van der Waals surface area contributed by atoms with Crippen LogP contribution in [0, 0.1) is 23.2 Å². The Kier molecular flexibility index (Phi) is 35.1. The molecule has 5 heterocycles. The van der Waals surface area contributed by atoms with E-state index in [1.54, 1.807) is 41.5 Å². The molecule has 1 aromatic heterocycles. The van der Waals surface area contributed by atoms with Crippen molar-refractivity contribution in [2.75, 3.05) is 33.0 Å². The standard InChI is InChI=1S/C30H42BrN3O14.C18H21BrO4.C12H21N3O10.CH4.Cu/c1-29(2,27(42)44-12-15-7-5-4-6-8-15)14-30(3,31)28(43)45-13-16-9-34(33-32-16)25-22(40)21(39)24(18(11-36)46-25)48-26-23(41)20(38)19(37)17(10-35)47-26;1-5-11-22-16(21)18(4,19)13-17(2,3)15(20)23-12-14-9-7-6-8-10-14;13-15-14-11-8(21)7(20)10(4(2-17)23-11)25-12-9(22)6(19)5(18)3(1-16)24-12;;/h4-9,17-26,35-41H,10-14H2,1-3H3;1,6-10H,11-13H2,2-4H3;3-12,16-22H,1-2H2;1H4;/t17-,18-,19+,20+,21-,22-,23-,24-,25?,26+,30?;;3-,4-,5+,6+,7-,8-,9-,10-,11+,12+;;/m1.1../s1. The number of azide groups is 1. The minimum atomic E-state index is -1.80. The van der Waals surface area contributed by atoms with Crippen molar-refractivity contribution >= 4 is 55.7 Å². The van der Waals surface area contributed by atoms with Crippen molar-refractivity contribution in [3.8, 4) is 12.3 Å². The van der Waals surface area contributed by atoms with E-state index in [4.69, 9.17) is 64.4 Å².